The number of rotatable bonds is 41. The summed E-state index contributed by atoms with van der Waals surface area (Å²) in [6.45, 7) is 6.19. The summed E-state index contributed by atoms with van der Waals surface area (Å²) >= 11 is 0. The topological polar surface area (TPSA) is 95.9 Å². The van der Waals surface area contributed by atoms with Gasteiger partial charge in [-0.1, -0.05) is 238 Å². The molecule has 6 heteroatoms. The van der Waals surface area contributed by atoms with Crippen molar-refractivity contribution in [3.8, 4) is 0 Å². The Morgan fingerprint density at radius 2 is 0.903 bits per heavy atom. The molecule has 0 aliphatic heterocycles. The third-order valence-corrected chi connectivity index (χ3v) is 10.2. The fourth-order valence-corrected chi connectivity index (χ4v) is 6.55. The Morgan fingerprint density at radius 1 is 0.484 bits per heavy atom. The Balaban J connectivity index is 4.84. The van der Waals surface area contributed by atoms with Gasteiger partial charge in [0.15, 0.2) is 0 Å². The van der Waals surface area contributed by atoms with Crippen LogP contribution in [0.3, 0.4) is 0 Å². The molecule has 0 aliphatic rings. The molecular formula is C56H89NO5. The van der Waals surface area contributed by atoms with Crippen LogP contribution in [0.4, 0.5) is 0 Å². The van der Waals surface area contributed by atoms with Gasteiger partial charge in [0, 0.05) is 6.42 Å². The maximum Gasteiger partial charge on any atom is 0.306 e. The Kier molecular flexibility index (Phi) is 44.9. The molecule has 0 heterocycles. The van der Waals surface area contributed by atoms with Gasteiger partial charge in [0.2, 0.25) is 5.91 Å². The highest BCUT2D eigenvalue weighted by atomic mass is 16.5. The Labute approximate surface area is 380 Å². The minimum Gasteiger partial charge on any atom is -0.462 e. The molecule has 348 valence electrons. The summed E-state index contributed by atoms with van der Waals surface area (Å²) in [4.78, 5) is 26.1. The summed E-state index contributed by atoms with van der Waals surface area (Å²) in [5, 5.41) is 23.7. The van der Waals surface area contributed by atoms with Gasteiger partial charge in [0.05, 0.1) is 25.2 Å². The first-order valence-corrected chi connectivity index (χ1v) is 24.6. The number of hydrogen-bond donors (Lipinski definition) is 3. The molecule has 62 heavy (non-hydrogen) atoms. The largest absolute Gasteiger partial charge is 0.462 e. The predicted octanol–water partition coefficient (Wildman–Crippen LogP) is 14.7. The number of carbonyl (C=O) groups is 2. The zero-order valence-electron chi connectivity index (χ0n) is 39.4. The van der Waals surface area contributed by atoms with Crippen molar-refractivity contribution in [3.05, 3.63) is 134 Å². The van der Waals surface area contributed by atoms with E-state index in [9.17, 15) is 19.8 Å². The van der Waals surface area contributed by atoms with Crippen molar-refractivity contribution in [2.45, 2.75) is 200 Å². The lowest BCUT2D eigenvalue weighted by atomic mass is 10.0. The summed E-state index contributed by atoms with van der Waals surface area (Å²) < 4.78 is 5.89. The number of ether oxygens (including phenoxy) is 1. The monoisotopic (exact) mass is 856 g/mol. The van der Waals surface area contributed by atoms with E-state index in [-0.39, 0.29) is 24.9 Å². The number of unbranched alkanes of at least 4 members (excludes halogenated alkanes) is 16. The molecule has 0 aliphatic carbocycles. The molecule has 0 rings (SSSR count). The van der Waals surface area contributed by atoms with Crippen molar-refractivity contribution in [1.29, 1.82) is 0 Å². The van der Waals surface area contributed by atoms with Gasteiger partial charge >= 0.3 is 5.97 Å². The van der Waals surface area contributed by atoms with Gasteiger partial charge in [-0.15, -0.1) is 0 Å². The van der Waals surface area contributed by atoms with Crippen LogP contribution in [0.5, 0.6) is 0 Å². The van der Waals surface area contributed by atoms with Gasteiger partial charge in [-0.2, -0.15) is 0 Å². The normalized spacial score (nSPS) is 14.5. The summed E-state index contributed by atoms with van der Waals surface area (Å²) in [6, 6.07) is -0.735. The highest BCUT2D eigenvalue weighted by Gasteiger charge is 2.24. The van der Waals surface area contributed by atoms with Gasteiger partial charge in [-0.25, -0.2) is 0 Å². The van der Waals surface area contributed by atoms with Crippen LogP contribution >= 0.6 is 0 Å². The summed E-state index contributed by atoms with van der Waals surface area (Å²) in [5.74, 6) is -0.585. The van der Waals surface area contributed by atoms with E-state index in [0.717, 1.165) is 89.9 Å². The van der Waals surface area contributed by atoms with Crippen LogP contribution < -0.4 is 5.32 Å². The van der Waals surface area contributed by atoms with E-state index in [1.807, 2.05) is 97.2 Å². The van der Waals surface area contributed by atoms with E-state index in [0.29, 0.717) is 19.3 Å². The minimum atomic E-state index is -0.816. The first-order valence-electron chi connectivity index (χ1n) is 24.6. The quantitative estimate of drug-likeness (QED) is 0.0323. The smallest absolute Gasteiger partial charge is 0.306 e. The maximum absolute atomic E-state index is 13.2. The molecule has 1 amide bonds. The molecule has 0 saturated heterocycles. The van der Waals surface area contributed by atoms with Gasteiger partial charge in [-0.05, 0) is 64.2 Å². The second-order valence-corrected chi connectivity index (χ2v) is 16.1. The van der Waals surface area contributed by atoms with Gasteiger partial charge < -0.3 is 20.3 Å². The molecule has 0 bridgehead atoms. The van der Waals surface area contributed by atoms with E-state index in [1.54, 1.807) is 0 Å². The van der Waals surface area contributed by atoms with E-state index < -0.39 is 18.2 Å². The first-order chi connectivity index (χ1) is 30.5. The number of carbonyl (C=O) groups excluding carboxylic acids is 2. The number of aliphatic hydroxyl groups excluding tert-OH is 2. The number of allylic oxidation sites excluding steroid dienone is 22. The Bertz CT molecular complexity index is 1370. The van der Waals surface area contributed by atoms with E-state index in [4.69, 9.17) is 4.74 Å². The maximum atomic E-state index is 13.2. The molecule has 6 nitrogen and oxygen atoms in total. The van der Waals surface area contributed by atoms with Gasteiger partial charge in [0.25, 0.3) is 0 Å². The number of esters is 1. The van der Waals surface area contributed by atoms with Gasteiger partial charge in [0.1, 0.15) is 6.10 Å². The third kappa shape index (κ3) is 42.7. The van der Waals surface area contributed by atoms with E-state index in [1.165, 1.54) is 44.9 Å². The molecule has 0 saturated carbocycles. The van der Waals surface area contributed by atoms with Crippen molar-refractivity contribution in [3.63, 3.8) is 0 Å². The second kappa shape index (κ2) is 48.0. The standard InChI is InChI=1S/C56H89NO5/c1-4-7-10-13-16-19-22-24-26-28-30-32-34-37-40-43-46-49-56(61)62-52(47-44-41-38-35-33-31-29-27-25-23-20-17-14-11-8-5-2)50-55(60)57-53(51-58)54(59)48-45-42-39-36-21-18-15-12-9-6-3/h7,10-11,13-14,16-17,19-20,22-34,52-54,58-59H,4-6,8-9,12,15,18,21,35-51H2,1-3H3,(H,57,60)/b10-7-,14-11+,16-13+,20-17+,22-19+,25-23+,26-24-,29-27+,30-28+,33-31+,34-32+. The molecule has 0 fully saturated rings. The average molecular weight is 856 g/mol. The van der Waals surface area contributed by atoms with Crippen LogP contribution in [0.15, 0.2) is 134 Å². The third-order valence-electron chi connectivity index (χ3n) is 10.2. The van der Waals surface area contributed by atoms with Crippen LogP contribution in [-0.4, -0.2) is 46.9 Å². The zero-order valence-corrected chi connectivity index (χ0v) is 39.4. The van der Waals surface area contributed by atoms with E-state index >= 15 is 0 Å². The average Bonchev–Trinajstić information content (AvgIpc) is 3.26. The number of amides is 1. The summed E-state index contributed by atoms with van der Waals surface area (Å²) in [6.07, 6.45) is 67.8. The first kappa shape index (κ1) is 58.0. The number of nitrogens with one attached hydrogen (secondary N) is 1. The molecule has 0 aromatic carbocycles. The minimum absolute atomic E-state index is 0.0210. The molecule has 0 spiro atoms. The van der Waals surface area contributed by atoms with E-state index in [2.05, 4.69) is 62.5 Å². The lowest BCUT2D eigenvalue weighted by molar-refractivity contribution is -0.151. The van der Waals surface area contributed by atoms with Crippen molar-refractivity contribution >= 4 is 11.9 Å². The fraction of sp³-hybridized carbons (Fsp3) is 0.571. The predicted molar refractivity (Wildman–Crippen MR) is 268 cm³/mol. The Hall–Kier alpha value is -4.00. The van der Waals surface area contributed by atoms with Crippen LogP contribution in [-0.2, 0) is 14.3 Å². The fourth-order valence-electron chi connectivity index (χ4n) is 6.55. The lowest BCUT2D eigenvalue weighted by Gasteiger charge is -2.24. The molecular weight excluding hydrogens is 767 g/mol. The summed E-state index contributed by atoms with van der Waals surface area (Å²) in [5.41, 5.74) is 0. The van der Waals surface area contributed by atoms with Crippen LogP contribution in [0.2, 0.25) is 0 Å². The van der Waals surface area contributed by atoms with Crippen LogP contribution in [0, 0.1) is 0 Å². The van der Waals surface area contributed by atoms with Crippen LogP contribution in [0.25, 0.3) is 0 Å². The molecule has 3 atom stereocenters. The molecule has 0 aromatic heterocycles. The van der Waals surface area contributed by atoms with Gasteiger partial charge in [-0.3, -0.25) is 9.59 Å². The molecule has 0 aromatic rings. The van der Waals surface area contributed by atoms with Crippen LogP contribution in [0.1, 0.15) is 181 Å². The van der Waals surface area contributed by atoms with Crippen molar-refractivity contribution < 1.29 is 24.5 Å². The highest BCUT2D eigenvalue weighted by molar-refractivity contribution is 5.77. The molecule has 3 unspecified atom stereocenters. The number of hydrogen-bond acceptors (Lipinski definition) is 5. The summed E-state index contributed by atoms with van der Waals surface area (Å²) in [7, 11) is 0. The highest BCUT2D eigenvalue weighted by Crippen LogP contribution is 2.16. The molecule has 3 N–H and O–H groups in total. The van der Waals surface area contributed by atoms with Crippen molar-refractivity contribution in [1.82, 2.24) is 5.32 Å². The Morgan fingerprint density at radius 3 is 1.39 bits per heavy atom. The molecule has 0 radical (unpaired) electrons. The van der Waals surface area contributed by atoms with Crippen molar-refractivity contribution in [2.75, 3.05) is 6.61 Å². The number of aliphatic hydroxyl groups is 2. The SMILES string of the molecule is CC\C=C/C=C/C=C/C=C\C=C\C=C\CCCCCC(=O)OC(CCCCC/C=C/C=C/C=C/C=C/C=C/CCC)CC(=O)NC(CO)C(O)CCCCCCCCCCCC. The second-order valence-electron chi connectivity index (χ2n) is 16.1. The lowest BCUT2D eigenvalue weighted by Crippen LogP contribution is -2.46. The van der Waals surface area contributed by atoms with Crippen molar-refractivity contribution in [2.24, 2.45) is 0 Å². The zero-order chi connectivity index (χ0) is 45.2.